The number of ether oxygens (including phenoxy) is 1. The number of nitro groups is 1. The summed E-state index contributed by atoms with van der Waals surface area (Å²) in [7, 11) is 0. The minimum Gasteiger partial charge on any atom is -0.482 e. The molecule has 7 nitrogen and oxygen atoms in total. The van der Waals surface area contributed by atoms with Gasteiger partial charge in [-0.15, -0.1) is 0 Å². The van der Waals surface area contributed by atoms with Crippen LogP contribution in [0.5, 0.6) is 5.75 Å². The lowest BCUT2D eigenvalue weighted by atomic mass is 10.2. The van der Waals surface area contributed by atoms with E-state index in [1.807, 2.05) is 6.07 Å². The van der Waals surface area contributed by atoms with Crippen molar-refractivity contribution in [2.75, 3.05) is 11.9 Å². The van der Waals surface area contributed by atoms with Crippen LogP contribution in [0.3, 0.4) is 0 Å². The number of hydrogen-bond donors (Lipinski definition) is 1. The summed E-state index contributed by atoms with van der Waals surface area (Å²) in [5, 5.41) is 21.9. The van der Waals surface area contributed by atoms with Gasteiger partial charge in [0.15, 0.2) is 6.61 Å². The van der Waals surface area contributed by atoms with Crippen molar-refractivity contribution in [1.29, 1.82) is 5.26 Å². The van der Waals surface area contributed by atoms with E-state index in [1.165, 1.54) is 18.2 Å². The highest BCUT2D eigenvalue weighted by Crippen LogP contribution is 2.21. The van der Waals surface area contributed by atoms with Crippen LogP contribution >= 0.6 is 0 Å². The zero-order chi connectivity index (χ0) is 16.8. The summed E-state index contributed by atoms with van der Waals surface area (Å²) in [6, 6.07) is 11.3. The molecule has 116 valence electrons. The first-order valence-corrected chi connectivity index (χ1v) is 6.37. The standard InChI is InChI=1S/C15H10FN3O4/c16-12-6-5-11(7-13(12)19(21)22)18-15(20)9-23-14-4-2-1-3-10(14)8-17/h1-7H,9H2,(H,18,20). The van der Waals surface area contributed by atoms with Crippen LogP contribution in [0.2, 0.25) is 0 Å². The number of carbonyl (C=O) groups excluding carboxylic acids is 1. The number of nitrogens with one attached hydrogen (secondary N) is 1. The maximum absolute atomic E-state index is 13.2. The van der Waals surface area contributed by atoms with E-state index in [-0.39, 0.29) is 17.0 Å². The third kappa shape index (κ3) is 4.01. The molecule has 0 saturated carbocycles. The molecule has 2 rings (SSSR count). The van der Waals surface area contributed by atoms with E-state index in [4.69, 9.17) is 10.00 Å². The Balaban J connectivity index is 2.02. The SMILES string of the molecule is N#Cc1ccccc1OCC(=O)Nc1ccc(F)c([N+](=O)[O-])c1. The molecular formula is C15H10FN3O4. The van der Waals surface area contributed by atoms with Gasteiger partial charge in [0.1, 0.15) is 11.8 Å². The Morgan fingerprint density at radius 2 is 2.09 bits per heavy atom. The Hall–Kier alpha value is -3.47. The smallest absolute Gasteiger partial charge is 0.306 e. The monoisotopic (exact) mass is 315 g/mol. The highest BCUT2D eigenvalue weighted by Gasteiger charge is 2.15. The average molecular weight is 315 g/mol. The summed E-state index contributed by atoms with van der Waals surface area (Å²) in [6.07, 6.45) is 0. The molecule has 0 aliphatic rings. The number of rotatable bonds is 5. The minimum atomic E-state index is -0.993. The average Bonchev–Trinajstić information content (AvgIpc) is 2.54. The number of nitro benzene ring substituents is 1. The van der Waals surface area contributed by atoms with Gasteiger partial charge in [-0.3, -0.25) is 14.9 Å². The lowest BCUT2D eigenvalue weighted by Crippen LogP contribution is -2.20. The van der Waals surface area contributed by atoms with Crippen molar-refractivity contribution >= 4 is 17.3 Å². The van der Waals surface area contributed by atoms with Gasteiger partial charge in [0.25, 0.3) is 5.91 Å². The molecule has 0 aliphatic heterocycles. The second-order valence-corrected chi connectivity index (χ2v) is 4.37. The zero-order valence-corrected chi connectivity index (χ0v) is 11.7. The molecule has 0 aliphatic carbocycles. The van der Waals surface area contributed by atoms with Gasteiger partial charge in [0.05, 0.1) is 10.5 Å². The number of anilines is 1. The highest BCUT2D eigenvalue weighted by molar-refractivity contribution is 5.92. The quantitative estimate of drug-likeness (QED) is 0.674. The number of amides is 1. The van der Waals surface area contributed by atoms with Gasteiger partial charge in [0, 0.05) is 11.8 Å². The maximum atomic E-state index is 13.2. The molecule has 23 heavy (non-hydrogen) atoms. The predicted octanol–water partition coefficient (Wildman–Crippen LogP) is 2.62. The number of carbonyl (C=O) groups is 1. The predicted molar refractivity (Wildman–Crippen MR) is 78.3 cm³/mol. The second kappa shape index (κ2) is 7.00. The fourth-order valence-corrected chi connectivity index (χ4v) is 1.76. The van der Waals surface area contributed by atoms with Crippen LogP contribution in [0.25, 0.3) is 0 Å². The van der Waals surface area contributed by atoms with Crippen molar-refractivity contribution < 1.29 is 18.8 Å². The van der Waals surface area contributed by atoms with Gasteiger partial charge in [0.2, 0.25) is 5.82 Å². The van der Waals surface area contributed by atoms with Gasteiger partial charge in [-0.1, -0.05) is 12.1 Å². The first-order chi connectivity index (χ1) is 11.0. The number of halogens is 1. The van der Waals surface area contributed by atoms with Crippen LogP contribution < -0.4 is 10.1 Å². The van der Waals surface area contributed by atoms with E-state index in [0.29, 0.717) is 0 Å². The Morgan fingerprint density at radius 3 is 2.78 bits per heavy atom. The van der Waals surface area contributed by atoms with Crippen molar-refractivity contribution in [1.82, 2.24) is 0 Å². The molecular weight excluding hydrogens is 305 g/mol. The van der Waals surface area contributed by atoms with Gasteiger partial charge >= 0.3 is 5.69 Å². The van der Waals surface area contributed by atoms with Crippen molar-refractivity contribution in [3.8, 4) is 11.8 Å². The Bertz CT molecular complexity index is 802. The van der Waals surface area contributed by atoms with Crippen molar-refractivity contribution in [3.63, 3.8) is 0 Å². The van der Waals surface area contributed by atoms with E-state index in [1.54, 1.807) is 12.1 Å². The molecule has 1 N–H and O–H groups in total. The molecule has 0 atom stereocenters. The van der Waals surface area contributed by atoms with Gasteiger partial charge in [-0.2, -0.15) is 9.65 Å². The molecule has 0 radical (unpaired) electrons. The van der Waals surface area contributed by atoms with Crippen molar-refractivity contribution in [3.05, 3.63) is 64.0 Å². The number of benzene rings is 2. The first kappa shape index (κ1) is 15.9. The summed E-state index contributed by atoms with van der Waals surface area (Å²) < 4.78 is 18.4. The van der Waals surface area contributed by atoms with E-state index in [9.17, 15) is 19.3 Å². The molecule has 2 aromatic rings. The molecule has 0 aromatic heterocycles. The van der Waals surface area contributed by atoms with Gasteiger partial charge in [-0.05, 0) is 24.3 Å². The number of para-hydroxylation sites is 1. The summed E-state index contributed by atoms with van der Waals surface area (Å²) in [6.45, 7) is -0.399. The van der Waals surface area contributed by atoms with Crippen molar-refractivity contribution in [2.45, 2.75) is 0 Å². The van der Waals surface area contributed by atoms with Crippen molar-refractivity contribution in [2.24, 2.45) is 0 Å². The topological polar surface area (TPSA) is 105 Å². The second-order valence-electron chi connectivity index (χ2n) is 4.37. The summed E-state index contributed by atoms with van der Waals surface area (Å²) in [5.41, 5.74) is -0.392. The third-order valence-corrected chi connectivity index (χ3v) is 2.79. The van der Waals surface area contributed by atoms with Gasteiger partial charge in [-0.25, -0.2) is 0 Å². The van der Waals surface area contributed by atoms with Crippen LogP contribution in [0.1, 0.15) is 5.56 Å². The number of nitrogens with zero attached hydrogens (tertiary/aromatic N) is 2. The molecule has 0 spiro atoms. The summed E-state index contributed by atoms with van der Waals surface area (Å²) >= 11 is 0. The summed E-state index contributed by atoms with van der Waals surface area (Å²) in [5.74, 6) is -1.35. The fourth-order valence-electron chi connectivity index (χ4n) is 1.76. The molecule has 0 unspecified atom stereocenters. The van der Waals surface area contributed by atoms with Crippen LogP contribution in [-0.4, -0.2) is 17.4 Å². The van der Waals surface area contributed by atoms with Gasteiger partial charge < -0.3 is 10.1 Å². The summed E-state index contributed by atoms with van der Waals surface area (Å²) in [4.78, 5) is 21.5. The molecule has 8 heteroatoms. The maximum Gasteiger partial charge on any atom is 0.306 e. The fraction of sp³-hybridized carbons (Fsp3) is 0.0667. The zero-order valence-electron chi connectivity index (χ0n) is 11.7. The molecule has 0 heterocycles. The third-order valence-electron chi connectivity index (χ3n) is 2.79. The number of nitriles is 1. The molecule has 0 fully saturated rings. The molecule has 0 saturated heterocycles. The van der Waals surface area contributed by atoms with E-state index in [0.717, 1.165) is 12.1 Å². The Labute approximate surface area is 130 Å². The Morgan fingerprint density at radius 1 is 1.35 bits per heavy atom. The molecule has 2 aromatic carbocycles. The van der Waals surface area contributed by atoms with E-state index >= 15 is 0 Å². The Kier molecular flexibility index (Phi) is 4.84. The van der Waals surface area contributed by atoms with Crippen LogP contribution in [0.4, 0.5) is 15.8 Å². The van der Waals surface area contributed by atoms with Crippen LogP contribution in [-0.2, 0) is 4.79 Å². The molecule has 1 amide bonds. The van der Waals surface area contributed by atoms with Crippen LogP contribution in [0, 0.1) is 27.3 Å². The minimum absolute atomic E-state index is 0.0697. The largest absolute Gasteiger partial charge is 0.482 e. The number of hydrogen-bond acceptors (Lipinski definition) is 5. The van der Waals surface area contributed by atoms with E-state index in [2.05, 4.69) is 5.32 Å². The highest BCUT2D eigenvalue weighted by atomic mass is 19.1. The van der Waals surface area contributed by atoms with Crippen LogP contribution in [0.15, 0.2) is 42.5 Å². The first-order valence-electron chi connectivity index (χ1n) is 6.37. The van der Waals surface area contributed by atoms with E-state index < -0.39 is 28.9 Å². The normalized spacial score (nSPS) is 9.74. The molecule has 0 bridgehead atoms. The lowest BCUT2D eigenvalue weighted by Gasteiger charge is -2.08. The lowest BCUT2D eigenvalue weighted by molar-refractivity contribution is -0.387.